The van der Waals surface area contributed by atoms with Crippen molar-refractivity contribution in [3.05, 3.63) is 100.0 Å². The summed E-state index contributed by atoms with van der Waals surface area (Å²) in [5.74, 6) is -1.27. The van der Waals surface area contributed by atoms with E-state index in [1.807, 2.05) is 64.1 Å². The van der Waals surface area contributed by atoms with Crippen LogP contribution in [0.15, 0.2) is 66.4 Å². The van der Waals surface area contributed by atoms with E-state index in [1.165, 1.54) is 29.2 Å². The second-order valence-corrected chi connectivity index (χ2v) is 7.94. The minimum absolute atomic E-state index is 0.186. The standard InChI is InChI=1S/C26H23FN2O2/c1-15-5-7-17(3)21(13-15)28-24-23(19-9-11-20(27)12-10-19)25(30)29(26(24)31)22-14-16(2)6-8-18(22)4/h5-14,28H,1-4H3. The summed E-state index contributed by atoms with van der Waals surface area (Å²) in [6.45, 7) is 7.67. The number of halogens is 1. The molecular weight excluding hydrogens is 391 g/mol. The van der Waals surface area contributed by atoms with Gasteiger partial charge in [-0.15, -0.1) is 0 Å². The second kappa shape index (κ2) is 7.84. The Labute approximate surface area is 181 Å². The van der Waals surface area contributed by atoms with Crippen molar-refractivity contribution in [3.63, 3.8) is 0 Å². The van der Waals surface area contributed by atoms with Gasteiger partial charge in [-0.25, -0.2) is 9.29 Å². The van der Waals surface area contributed by atoms with Gasteiger partial charge in [0.05, 0.1) is 11.3 Å². The third-order valence-corrected chi connectivity index (χ3v) is 5.48. The molecule has 0 unspecified atom stereocenters. The lowest BCUT2D eigenvalue weighted by Crippen LogP contribution is -2.33. The molecule has 0 bridgehead atoms. The van der Waals surface area contributed by atoms with Gasteiger partial charge in [0, 0.05) is 5.69 Å². The Kier molecular flexibility index (Phi) is 5.19. The average molecular weight is 414 g/mol. The fraction of sp³-hybridized carbons (Fsp3) is 0.154. The van der Waals surface area contributed by atoms with Gasteiger partial charge in [-0.1, -0.05) is 36.4 Å². The zero-order valence-corrected chi connectivity index (χ0v) is 17.9. The number of imide groups is 1. The molecule has 0 aromatic heterocycles. The van der Waals surface area contributed by atoms with Gasteiger partial charge in [-0.3, -0.25) is 9.59 Å². The molecule has 4 nitrogen and oxygen atoms in total. The normalized spacial score (nSPS) is 13.9. The van der Waals surface area contributed by atoms with Crippen LogP contribution in [0.4, 0.5) is 15.8 Å². The Morgan fingerprint density at radius 2 is 1.35 bits per heavy atom. The first kappa shape index (κ1) is 20.5. The van der Waals surface area contributed by atoms with Crippen LogP contribution in [0.2, 0.25) is 0 Å². The SMILES string of the molecule is Cc1ccc(C)c(NC2=C(c3ccc(F)cc3)C(=O)N(c3cc(C)ccc3C)C2=O)c1. The molecule has 0 atom stereocenters. The smallest absolute Gasteiger partial charge is 0.282 e. The third-order valence-electron chi connectivity index (χ3n) is 5.48. The zero-order chi connectivity index (χ0) is 22.3. The van der Waals surface area contributed by atoms with Crippen LogP contribution in [-0.2, 0) is 9.59 Å². The van der Waals surface area contributed by atoms with E-state index in [0.29, 0.717) is 11.3 Å². The highest BCUT2D eigenvalue weighted by Gasteiger charge is 2.41. The molecule has 3 aromatic carbocycles. The molecule has 1 aliphatic rings. The van der Waals surface area contributed by atoms with Crippen molar-refractivity contribution in [2.24, 2.45) is 0 Å². The Morgan fingerprint density at radius 3 is 2.03 bits per heavy atom. The average Bonchev–Trinajstić information content (AvgIpc) is 2.97. The van der Waals surface area contributed by atoms with E-state index in [2.05, 4.69) is 5.32 Å². The maximum atomic E-state index is 13.5. The van der Waals surface area contributed by atoms with Gasteiger partial charge in [0.2, 0.25) is 0 Å². The first-order chi connectivity index (χ1) is 14.8. The van der Waals surface area contributed by atoms with Crippen molar-refractivity contribution in [1.82, 2.24) is 0 Å². The highest BCUT2D eigenvalue weighted by Crippen LogP contribution is 2.36. The number of rotatable bonds is 4. The van der Waals surface area contributed by atoms with E-state index >= 15 is 0 Å². The number of nitrogens with one attached hydrogen (secondary N) is 1. The van der Waals surface area contributed by atoms with Crippen molar-refractivity contribution < 1.29 is 14.0 Å². The lowest BCUT2D eigenvalue weighted by atomic mass is 10.0. The van der Waals surface area contributed by atoms with Gasteiger partial charge < -0.3 is 5.32 Å². The monoisotopic (exact) mass is 414 g/mol. The molecule has 1 N–H and O–H groups in total. The van der Waals surface area contributed by atoms with Crippen molar-refractivity contribution in [2.75, 3.05) is 10.2 Å². The second-order valence-electron chi connectivity index (χ2n) is 7.94. The molecule has 156 valence electrons. The van der Waals surface area contributed by atoms with Crippen molar-refractivity contribution >= 4 is 28.8 Å². The van der Waals surface area contributed by atoms with Crippen molar-refractivity contribution in [2.45, 2.75) is 27.7 Å². The molecule has 5 heteroatoms. The summed E-state index contributed by atoms with van der Waals surface area (Å²) < 4.78 is 13.5. The van der Waals surface area contributed by atoms with Crippen LogP contribution in [0.1, 0.15) is 27.8 Å². The molecule has 1 heterocycles. The maximum Gasteiger partial charge on any atom is 0.282 e. The maximum absolute atomic E-state index is 13.5. The summed E-state index contributed by atoms with van der Waals surface area (Å²) in [5.41, 5.74) is 5.94. The fourth-order valence-corrected chi connectivity index (χ4v) is 3.71. The molecular formula is C26H23FN2O2. The number of carbonyl (C=O) groups is 2. The lowest BCUT2D eigenvalue weighted by molar-refractivity contribution is -0.120. The first-order valence-electron chi connectivity index (χ1n) is 10.1. The zero-order valence-electron chi connectivity index (χ0n) is 17.9. The van der Waals surface area contributed by atoms with Crippen LogP contribution in [0.25, 0.3) is 5.57 Å². The minimum Gasteiger partial charge on any atom is -0.350 e. The summed E-state index contributed by atoms with van der Waals surface area (Å²) in [5, 5.41) is 3.20. The molecule has 0 fully saturated rings. The van der Waals surface area contributed by atoms with Gasteiger partial charge in [0.25, 0.3) is 11.8 Å². The number of carbonyl (C=O) groups excluding carboxylic acids is 2. The van der Waals surface area contributed by atoms with E-state index in [1.54, 1.807) is 0 Å². The number of hydrogen-bond acceptors (Lipinski definition) is 3. The van der Waals surface area contributed by atoms with E-state index in [9.17, 15) is 14.0 Å². The number of hydrogen-bond donors (Lipinski definition) is 1. The molecule has 0 spiro atoms. The molecule has 0 saturated carbocycles. The highest BCUT2D eigenvalue weighted by molar-refractivity contribution is 6.46. The van der Waals surface area contributed by atoms with E-state index in [4.69, 9.17) is 0 Å². The summed E-state index contributed by atoms with van der Waals surface area (Å²) in [4.78, 5) is 28.3. The van der Waals surface area contributed by atoms with Gasteiger partial charge in [0.1, 0.15) is 11.5 Å². The molecule has 0 radical (unpaired) electrons. The number of nitrogens with zero attached hydrogens (tertiary/aromatic N) is 1. The predicted molar refractivity (Wildman–Crippen MR) is 121 cm³/mol. The Hall–Kier alpha value is -3.73. The number of benzene rings is 3. The number of amides is 2. The molecule has 3 aromatic rings. The topological polar surface area (TPSA) is 49.4 Å². The summed E-state index contributed by atoms with van der Waals surface area (Å²) in [6.07, 6.45) is 0. The first-order valence-corrected chi connectivity index (χ1v) is 10.1. The van der Waals surface area contributed by atoms with Gasteiger partial charge in [-0.05, 0) is 79.8 Å². The largest absolute Gasteiger partial charge is 0.350 e. The fourth-order valence-electron chi connectivity index (χ4n) is 3.71. The molecule has 2 amide bonds. The molecule has 0 aliphatic carbocycles. The van der Waals surface area contributed by atoms with Crippen LogP contribution in [-0.4, -0.2) is 11.8 Å². The summed E-state index contributed by atoms with van der Waals surface area (Å²) >= 11 is 0. The molecule has 0 saturated heterocycles. The van der Waals surface area contributed by atoms with Crippen LogP contribution in [0.5, 0.6) is 0 Å². The van der Waals surface area contributed by atoms with Gasteiger partial charge in [-0.2, -0.15) is 0 Å². The minimum atomic E-state index is -0.432. The Bertz CT molecular complexity index is 1240. The van der Waals surface area contributed by atoms with E-state index in [0.717, 1.165) is 27.9 Å². The highest BCUT2D eigenvalue weighted by atomic mass is 19.1. The number of aryl methyl sites for hydroxylation is 4. The molecule has 31 heavy (non-hydrogen) atoms. The Balaban J connectivity index is 1.88. The predicted octanol–water partition coefficient (Wildman–Crippen LogP) is 5.46. The third kappa shape index (κ3) is 3.75. The van der Waals surface area contributed by atoms with E-state index in [-0.39, 0.29) is 11.3 Å². The van der Waals surface area contributed by atoms with Crippen LogP contribution >= 0.6 is 0 Å². The summed E-state index contributed by atoms with van der Waals surface area (Å²) in [6, 6.07) is 17.1. The van der Waals surface area contributed by atoms with E-state index < -0.39 is 17.6 Å². The van der Waals surface area contributed by atoms with Crippen LogP contribution < -0.4 is 10.2 Å². The van der Waals surface area contributed by atoms with Gasteiger partial charge >= 0.3 is 0 Å². The van der Waals surface area contributed by atoms with Crippen LogP contribution in [0.3, 0.4) is 0 Å². The van der Waals surface area contributed by atoms with Crippen LogP contribution in [0, 0.1) is 33.5 Å². The van der Waals surface area contributed by atoms with Crippen molar-refractivity contribution in [3.8, 4) is 0 Å². The quantitative estimate of drug-likeness (QED) is 0.577. The Morgan fingerprint density at radius 1 is 0.742 bits per heavy atom. The molecule has 4 rings (SSSR count). The number of anilines is 2. The lowest BCUT2D eigenvalue weighted by Gasteiger charge is -2.18. The van der Waals surface area contributed by atoms with Gasteiger partial charge in [0.15, 0.2) is 0 Å². The summed E-state index contributed by atoms with van der Waals surface area (Å²) in [7, 11) is 0. The van der Waals surface area contributed by atoms with Crippen molar-refractivity contribution in [1.29, 1.82) is 0 Å². The molecule has 1 aliphatic heterocycles.